The summed E-state index contributed by atoms with van der Waals surface area (Å²) in [7, 11) is 0. The minimum atomic E-state index is -0.240. The highest BCUT2D eigenvalue weighted by Crippen LogP contribution is 2.47. The topological polar surface area (TPSA) is 32.3 Å². The Morgan fingerprint density at radius 2 is 1.95 bits per heavy atom. The lowest BCUT2D eigenvalue weighted by atomic mass is 10.1. The van der Waals surface area contributed by atoms with Gasteiger partial charge in [-0.15, -0.1) is 0 Å². The van der Waals surface area contributed by atoms with Gasteiger partial charge < -0.3 is 4.90 Å². The average Bonchev–Trinajstić information content (AvgIpc) is 3.21. The molecule has 1 amide bonds. The van der Waals surface area contributed by atoms with E-state index in [0.29, 0.717) is 11.9 Å². The lowest BCUT2D eigenvalue weighted by Crippen LogP contribution is -2.38. The van der Waals surface area contributed by atoms with Crippen molar-refractivity contribution in [1.82, 2.24) is 10.2 Å². The lowest BCUT2D eigenvalue weighted by Gasteiger charge is -2.30. The SMILES string of the molecule is CCCC(C)N1C(=O)C2(CC2)NC1c1ccc(CC)cc1. The van der Waals surface area contributed by atoms with Crippen LogP contribution in [-0.2, 0) is 11.2 Å². The van der Waals surface area contributed by atoms with Crippen molar-refractivity contribution in [2.75, 3.05) is 0 Å². The molecule has 2 atom stereocenters. The van der Waals surface area contributed by atoms with Gasteiger partial charge in [0.1, 0.15) is 11.7 Å². The Hall–Kier alpha value is -1.35. The number of carbonyl (C=O) groups is 1. The van der Waals surface area contributed by atoms with Gasteiger partial charge in [0.25, 0.3) is 0 Å². The van der Waals surface area contributed by atoms with Crippen LogP contribution in [-0.4, -0.2) is 22.4 Å². The second-order valence-electron chi connectivity index (χ2n) is 6.57. The zero-order valence-corrected chi connectivity index (χ0v) is 13.4. The summed E-state index contributed by atoms with van der Waals surface area (Å²) >= 11 is 0. The largest absolute Gasteiger partial charge is 0.319 e. The van der Waals surface area contributed by atoms with Gasteiger partial charge in [-0.2, -0.15) is 0 Å². The van der Waals surface area contributed by atoms with Crippen LogP contribution in [0.5, 0.6) is 0 Å². The molecule has 1 spiro atoms. The predicted octanol–water partition coefficient (Wildman–Crippen LogP) is 3.40. The number of aryl methyl sites for hydroxylation is 1. The first-order chi connectivity index (χ1) is 10.1. The van der Waals surface area contributed by atoms with Crippen molar-refractivity contribution in [3.05, 3.63) is 35.4 Å². The molecule has 0 radical (unpaired) electrons. The second-order valence-corrected chi connectivity index (χ2v) is 6.57. The Balaban J connectivity index is 1.88. The monoisotopic (exact) mass is 286 g/mol. The van der Waals surface area contributed by atoms with E-state index >= 15 is 0 Å². The van der Waals surface area contributed by atoms with Gasteiger partial charge in [0, 0.05) is 6.04 Å². The summed E-state index contributed by atoms with van der Waals surface area (Å²) in [6.07, 6.45) is 5.26. The van der Waals surface area contributed by atoms with E-state index in [4.69, 9.17) is 0 Å². The van der Waals surface area contributed by atoms with Crippen molar-refractivity contribution in [1.29, 1.82) is 0 Å². The summed E-state index contributed by atoms with van der Waals surface area (Å²) in [5, 5.41) is 3.61. The van der Waals surface area contributed by atoms with Crippen molar-refractivity contribution in [2.45, 2.75) is 70.6 Å². The number of nitrogens with zero attached hydrogens (tertiary/aromatic N) is 1. The minimum absolute atomic E-state index is 0.0486. The summed E-state index contributed by atoms with van der Waals surface area (Å²) in [6, 6.07) is 9.02. The van der Waals surface area contributed by atoms with Crippen LogP contribution in [0, 0.1) is 0 Å². The Labute approximate surface area is 127 Å². The molecule has 2 aliphatic rings. The highest BCUT2D eigenvalue weighted by Gasteiger charge is 2.60. The molecule has 1 aliphatic carbocycles. The normalized spacial score (nSPS) is 24.6. The van der Waals surface area contributed by atoms with Crippen LogP contribution >= 0.6 is 0 Å². The van der Waals surface area contributed by atoms with E-state index in [2.05, 4.69) is 55.3 Å². The van der Waals surface area contributed by atoms with E-state index in [1.54, 1.807) is 0 Å². The number of hydrogen-bond donors (Lipinski definition) is 1. The summed E-state index contributed by atoms with van der Waals surface area (Å²) in [4.78, 5) is 14.9. The number of amides is 1. The van der Waals surface area contributed by atoms with Gasteiger partial charge in [-0.1, -0.05) is 44.5 Å². The van der Waals surface area contributed by atoms with Gasteiger partial charge in [0.2, 0.25) is 5.91 Å². The summed E-state index contributed by atoms with van der Waals surface area (Å²) in [6.45, 7) is 6.53. The molecule has 1 heterocycles. The van der Waals surface area contributed by atoms with Crippen LogP contribution in [0.3, 0.4) is 0 Å². The minimum Gasteiger partial charge on any atom is -0.319 e. The summed E-state index contributed by atoms with van der Waals surface area (Å²) < 4.78 is 0. The second kappa shape index (κ2) is 5.45. The van der Waals surface area contributed by atoms with Crippen molar-refractivity contribution in [3.8, 4) is 0 Å². The zero-order chi connectivity index (χ0) is 15.0. The fourth-order valence-corrected chi connectivity index (χ4v) is 3.43. The zero-order valence-electron chi connectivity index (χ0n) is 13.4. The number of nitrogens with one attached hydrogen (secondary N) is 1. The van der Waals surface area contributed by atoms with E-state index in [1.807, 2.05) is 0 Å². The molecule has 3 heteroatoms. The van der Waals surface area contributed by atoms with Crippen molar-refractivity contribution in [2.24, 2.45) is 0 Å². The van der Waals surface area contributed by atoms with E-state index in [-0.39, 0.29) is 11.7 Å². The first kappa shape index (κ1) is 14.6. The predicted molar refractivity (Wildman–Crippen MR) is 84.9 cm³/mol. The van der Waals surface area contributed by atoms with Crippen LogP contribution in [0.4, 0.5) is 0 Å². The highest BCUT2D eigenvalue weighted by atomic mass is 16.2. The van der Waals surface area contributed by atoms with Crippen LogP contribution in [0.2, 0.25) is 0 Å². The van der Waals surface area contributed by atoms with Crippen molar-refractivity contribution < 1.29 is 4.79 Å². The molecule has 114 valence electrons. The van der Waals surface area contributed by atoms with E-state index < -0.39 is 0 Å². The molecule has 2 unspecified atom stereocenters. The molecule has 2 fully saturated rings. The van der Waals surface area contributed by atoms with Gasteiger partial charge in [-0.25, -0.2) is 0 Å². The van der Waals surface area contributed by atoms with Crippen LogP contribution in [0.1, 0.15) is 63.7 Å². The summed E-state index contributed by atoms with van der Waals surface area (Å²) in [5.41, 5.74) is 2.32. The van der Waals surface area contributed by atoms with Crippen LogP contribution in [0.15, 0.2) is 24.3 Å². The van der Waals surface area contributed by atoms with Crippen LogP contribution in [0.25, 0.3) is 0 Å². The molecule has 1 aromatic rings. The van der Waals surface area contributed by atoms with Gasteiger partial charge >= 0.3 is 0 Å². The third-order valence-corrected chi connectivity index (χ3v) is 4.97. The Morgan fingerprint density at radius 1 is 1.29 bits per heavy atom. The summed E-state index contributed by atoms with van der Waals surface area (Å²) in [5.74, 6) is 0.313. The molecule has 0 bridgehead atoms. The highest BCUT2D eigenvalue weighted by molar-refractivity contribution is 5.92. The molecule has 1 aromatic carbocycles. The first-order valence-electron chi connectivity index (χ1n) is 8.30. The van der Waals surface area contributed by atoms with Gasteiger partial charge in [0.05, 0.1) is 0 Å². The van der Waals surface area contributed by atoms with E-state index in [9.17, 15) is 4.79 Å². The van der Waals surface area contributed by atoms with E-state index in [0.717, 1.165) is 32.1 Å². The molecule has 1 aliphatic heterocycles. The quantitative estimate of drug-likeness (QED) is 0.899. The van der Waals surface area contributed by atoms with Crippen molar-refractivity contribution in [3.63, 3.8) is 0 Å². The standard InChI is InChI=1S/C18H26N2O/c1-4-6-13(3)20-16(19-18(11-12-18)17(20)21)15-9-7-14(5-2)8-10-15/h7-10,13,16,19H,4-6,11-12H2,1-3H3. The fraction of sp³-hybridized carbons (Fsp3) is 0.611. The lowest BCUT2D eigenvalue weighted by molar-refractivity contribution is -0.132. The number of rotatable bonds is 5. The molecule has 3 nitrogen and oxygen atoms in total. The number of carbonyl (C=O) groups excluding carboxylic acids is 1. The molecule has 1 saturated heterocycles. The van der Waals surface area contributed by atoms with Crippen molar-refractivity contribution >= 4 is 5.91 Å². The maximum Gasteiger partial charge on any atom is 0.244 e. The van der Waals surface area contributed by atoms with Crippen LogP contribution < -0.4 is 5.32 Å². The molecular formula is C18H26N2O. The molecule has 21 heavy (non-hydrogen) atoms. The number of hydrogen-bond acceptors (Lipinski definition) is 2. The maximum atomic E-state index is 12.8. The third kappa shape index (κ3) is 2.48. The third-order valence-electron chi connectivity index (χ3n) is 4.97. The average molecular weight is 286 g/mol. The Morgan fingerprint density at radius 3 is 2.48 bits per heavy atom. The van der Waals surface area contributed by atoms with E-state index in [1.165, 1.54) is 11.1 Å². The molecule has 3 rings (SSSR count). The Kier molecular flexibility index (Phi) is 3.78. The molecule has 1 saturated carbocycles. The smallest absolute Gasteiger partial charge is 0.244 e. The first-order valence-corrected chi connectivity index (χ1v) is 8.30. The molecule has 1 N–H and O–H groups in total. The van der Waals surface area contributed by atoms with Gasteiger partial charge in [-0.05, 0) is 43.7 Å². The maximum absolute atomic E-state index is 12.8. The molecular weight excluding hydrogens is 260 g/mol. The van der Waals surface area contributed by atoms with Gasteiger partial charge in [0.15, 0.2) is 0 Å². The number of benzene rings is 1. The Bertz CT molecular complexity index is 519. The van der Waals surface area contributed by atoms with Gasteiger partial charge in [-0.3, -0.25) is 10.1 Å². The molecule has 0 aromatic heterocycles. The fourth-order valence-electron chi connectivity index (χ4n) is 3.43.